The summed E-state index contributed by atoms with van der Waals surface area (Å²) in [4.78, 5) is 23.2. The van der Waals surface area contributed by atoms with Gasteiger partial charge in [0.25, 0.3) is 5.91 Å². The van der Waals surface area contributed by atoms with Crippen molar-refractivity contribution in [3.8, 4) is 0 Å². The van der Waals surface area contributed by atoms with Crippen LogP contribution in [0.25, 0.3) is 0 Å². The third kappa shape index (κ3) is 2.56. The molecule has 0 bridgehead atoms. The van der Waals surface area contributed by atoms with Crippen LogP contribution in [0.2, 0.25) is 0 Å². The van der Waals surface area contributed by atoms with Crippen LogP contribution in [0, 0.1) is 5.92 Å². The van der Waals surface area contributed by atoms with Crippen LogP contribution in [0.5, 0.6) is 0 Å². The molecule has 1 aromatic carbocycles. The Morgan fingerprint density at radius 2 is 2.17 bits per heavy atom. The summed E-state index contributed by atoms with van der Waals surface area (Å²) in [6.07, 6.45) is 0.272. The van der Waals surface area contributed by atoms with Crippen molar-refractivity contribution in [2.75, 3.05) is 6.61 Å². The number of hydrazone groups is 1. The molecule has 5 heteroatoms. The maximum absolute atomic E-state index is 11.6. The average molecular weight is 246 g/mol. The van der Waals surface area contributed by atoms with Gasteiger partial charge in [0.1, 0.15) is 5.92 Å². The van der Waals surface area contributed by atoms with Crippen LogP contribution in [0.15, 0.2) is 35.4 Å². The van der Waals surface area contributed by atoms with Gasteiger partial charge in [-0.3, -0.25) is 9.59 Å². The van der Waals surface area contributed by atoms with Gasteiger partial charge in [0, 0.05) is 6.42 Å². The minimum absolute atomic E-state index is 0.264. The molecule has 0 aromatic heterocycles. The molecule has 94 valence electrons. The first kappa shape index (κ1) is 12.3. The lowest BCUT2D eigenvalue weighted by atomic mass is 9.96. The SMILES string of the molecule is CCOC(=O)[C@@H]1CC(c2ccccc2)=NNC1=O. The fraction of sp³-hybridized carbons (Fsp3) is 0.308. The molecule has 0 unspecified atom stereocenters. The first-order valence-electron chi connectivity index (χ1n) is 5.81. The van der Waals surface area contributed by atoms with E-state index >= 15 is 0 Å². The van der Waals surface area contributed by atoms with Crippen LogP contribution in [0.4, 0.5) is 0 Å². The number of nitrogens with zero attached hydrogens (tertiary/aromatic N) is 1. The standard InChI is InChI=1S/C13H14N2O3/c1-2-18-13(17)10-8-11(14-15-12(10)16)9-6-4-3-5-7-9/h3-7,10H,2,8H2,1H3,(H,15,16)/t10-/m1/s1. The number of esters is 1. The van der Waals surface area contributed by atoms with E-state index in [9.17, 15) is 9.59 Å². The molecule has 0 saturated carbocycles. The van der Waals surface area contributed by atoms with Gasteiger partial charge in [-0.2, -0.15) is 5.10 Å². The van der Waals surface area contributed by atoms with Crippen LogP contribution in [-0.2, 0) is 14.3 Å². The average Bonchev–Trinajstić information content (AvgIpc) is 2.40. The first-order valence-corrected chi connectivity index (χ1v) is 5.81. The van der Waals surface area contributed by atoms with Crippen molar-refractivity contribution in [1.29, 1.82) is 0 Å². The summed E-state index contributed by atoms with van der Waals surface area (Å²) in [6.45, 7) is 1.98. The Morgan fingerprint density at radius 1 is 1.44 bits per heavy atom. The Kier molecular flexibility index (Phi) is 3.72. The van der Waals surface area contributed by atoms with E-state index in [1.165, 1.54) is 0 Å². The third-order valence-electron chi connectivity index (χ3n) is 2.69. The molecular weight excluding hydrogens is 232 g/mol. The Bertz CT molecular complexity index is 482. The second kappa shape index (κ2) is 5.44. The van der Waals surface area contributed by atoms with Crippen LogP contribution >= 0.6 is 0 Å². The zero-order valence-electron chi connectivity index (χ0n) is 10.1. The van der Waals surface area contributed by atoms with Gasteiger partial charge in [0.05, 0.1) is 12.3 Å². The zero-order valence-corrected chi connectivity index (χ0v) is 10.1. The highest BCUT2D eigenvalue weighted by molar-refractivity contribution is 6.10. The molecule has 1 aliphatic rings. The fourth-order valence-corrected chi connectivity index (χ4v) is 1.78. The molecule has 1 heterocycles. The van der Waals surface area contributed by atoms with Crippen LogP contribution in [-0.4, -0.2) is 24.2 Å². The van der Waals surface area contributed by atoms with Crippen LogP contribution < -0.4 is 5.43 Å². The number of nitrogens with one attached hydrogen (secondary N) is 1. The second-order valence-electron chi connectivity index (χ2n) is 3.91. The van der Waals surface area contributed by atoms with Crippen molar-refractivity contribution in [2.45, 2.75) is 13.3 Å². The van der Waals surface area contributed by atoms with Crippen molar-refractivity contribution < 1.29 is 14.3 Å². The van der Waals surface area contributed by atoms with Gasteiger partial charge in [0.2, 0.25) is 0 Å². The van der Waals surface area contributed by atoms with Gasteiger partial charge in [-0.1, -0.05) is 30.3 Å². The molecule has 18 heavy (non-hydrogen) atoms. The van der Waals surface area contributed by atoms with Gasteiger partial charge < -0.3 is 4.74 Å². The van der Waals surface area contributed by atoms with Crippen molar-refractivity contribution in [3.05, 3.63) is 35.9 Å². The molecule has 0 spiro atoms. The molecule has 2 rings (SSSR count). The molecular formula is C13H14N2O3. The number of carbonyl (C=O) groups excluding carboxylic acids is 2. The first-order chi connectivity index (χ1) is 8.72. The summed E-state index contributed by atoms with van der Waals surface area (Å²) in [5.74, 6) is -1.72. The van der Waals surface area contributed by atoms with E-state index in [0.717, 1.165) is 5.56 Å². The van der Waals surface area contributed by atoms with E-state index in [-0.39, 0.29) is 13.0 Å². The van der Waals surface area contributed by atoms with E-state index < -0.39 is 17.8 Å². The molecule has 1 atom stereocenters. The number of rotatable bonds is 3. The second-order valence-corrected chi connectivity index (χ2v) is 3.91. The summed E-state index contributed by atoms with van der Waals surface area (Å²) < 4.78 is 4.88. The molecule has 0 radical (unpaired) electrons. The quantitative estimate of drug-likeness (QED) is 0.641. The van der Waals surface area contributed by atoms with E-state index in [4.69, 9.17) is 4.74 Å². The minimum atomic E-state index is -0.808. The molecule has 1 aromatic rings. The number of hydrogen-bond acceptors (Lipinski definition) is 4. The van der Waals surface area contributed by atoms with Gasteiger partial charge in [-0.15, -0.1) is 0 Å². The van der Waals surface area contributed by atoms with Crippen LogP contribution in [0.1, 0.15) is 18.9 Å². The number of ether oxygens (including phenoxy) is 1. The molecule has 0 saturated heterocycles. The van der Waals surface area contributed by atoms with E-state index in [1.54, 1.807) is 6.92 Å². The summed E-state index contributed by atoms with van der Waals surface area (Å²) in [7, 11) is 0. The lowest BCUT2D eigenvalue weighted by Crippen LogP contribution is -2.40. The molecule has 1 amide bonds. The Hall–Kier alpha value is -2.17. The summed E-state index contributed by atoms with van der Waals surface area (Å²) >= 11 is 0. The summed E-state index contributed by atoms with van der Waals surface area (Å²) in [6, 6.07) is 9.44. The number of hydrogen-bond donors (Lipinski definition) is 1. The monoisotopic (exact) mass is 246 g/mol. The topological polar surface area (TPSA) is 67.8 Å². The highest BCUT2D eigenvalue weighted by Gasteiger charge is 2.32. The van der Waals surface area contributed by atoms with Crippen molar-refractivity contribution >= 4 is 17.6 Å². The molecule has 0 fully saturated rings. The minimum Gasteiger partial charge on any atom is -0.465 e. The van der Waals surface area contributed by atoms with E-state index in [2.05, 4.69) is 10.5 Å². The number of amides is 1. The summed E-state index contributed by atoms with van der Waals surface area (Å²) in [5.41, 5.74) is 3.95. The van der Waals surface area contributed by atoms with Crippen molar-refractivity contribution in [1.82, 2.24) is 5.43 Å². The molecule has 1 N–H and O–H groups in total. The largest absolute Gasteiger partial charge is 0.465 e. The van der Waals surface area contributed by atoms with E-state index in [0.29, 0.717) is 5.71 Å². The molecule has 0 aliphatic carbocycles. The third-order valence-corrected chi connectivity index (χ3v) is 2.69. The lowest BCUT2D eigenvalue weighted by Gasteiger charge is -2.19. The van der Waals surface area contributed by atoms with Gasteiger partial charge >= 0.3 is 5.97 Å². The Morgan fingerprint density at radius 3 is 2.83 bits per heavy atom. The smallest absolute Gasteiger partial charge is 0.318 e. The van der Waals surface area contributed by atoms with Gasteiger partial charge in [-0.25, -0.2) is 5.43 Å². The molecule has 1 aliphatic heterocycles. The Labute approximate surface area is 105 Å². The number of benzene rings is 1. The highest BCUT2D eigenvalue weighted by atomic mass is 16.5. The lowest BCUT2D eigenvalue weighted by molar-refractivity contribution is -0.152. The fourth-order valence-electron chi connectivity index (χ4n) is 1.78. The van der Waals surface area contributed by atoms with Crippen molar-refractivity contribution in [3.63, 3.8) is 0 Å². The van der Waals surface area contributed by atoms with Gasteiger partial charge in [-0.05, 0) is 12.5 Å². The van der Waals surface area contributed by atoms with Gasteiger partial charge in [0.15, 0.2) is 0 Å². The van der Waals surface area contributed by atoms with Crippen molar-refractivity contribution in [2.24, 2.45) is 11.0 Å². The summed E-state index contributed by atoms with van der Waals surface area (Å²) in [5, 5.41) is 3.98. The maximum Gasteiger partial charge on any atom is 0.318 e. The predicted molar refractivity (Wildman–Crippen MR) is 65.9 cm³/mol. The predicted octanol–water partition coefficient (Wildman–Crippen LogP) is 1.09. The zero-order chi connectivity index (χ0) is 13.0. The highest BCUT2D eigenvalue weighted by Crippen LogP contribution is 2.16. The van der Waals surface area contributed by atoms with E-state index in [1.807, 2.05) is 30.3 Å². The Balaban J connectivity index is 2.17. The maximum atomic E-state index is 11.6. The normalized spacial score (nSPS) is 18.8. The van der Waals surface area contributed by atoms with Crippen LogP contribution in [0.3, 0.4) is 0 Å². The molecule has 5 nitrogen and oxygen atoms in total. The number of carbonyl (C=O) groups is 2.